The van der Waals surface area contributed by atoms with Gasteiger partial charge in [-0.1, -0.05) is 12.1 Å². The second-order valence-electron chi connectivity index (χ2n) is 9.71. The van der Waals surface area contributed by atoms with Gasteiger partial charge in [-0.2, -0.15) is 4.31 Å². The molecular formula is C25H31N5O7S2. The lowest BCUT2D eigenvalue weighted by atomic mass is 10.0. The van der Waals surface area contributed by atoms with Gasteiger partial charge in [-0.15, -0.1) is 11.8 Å². The lowest BCUT2D eigenvalue weighted by Gasteiger charge is -2.30. The molecule has 4 rings (SSSR count). The number of hydrogen-bond acceptors (Lipinski definition) is 9. The van der Waals surface area contributed by atoms with Crippen LogP contribution in [0.1, 0.15) is 19.4 Å². The number of amides is 2. The lowest BCUT2D eigenvalue weighted by molar-refractivity contribution is -0.142. The van der Waals surface area contributed by atoms with Crippen molar-refractivity contribution in [2.24, 2.45) is 0 Å². The first-order valence-electron chi connectivity index (χ1n) is 12.3. The Morgan fingerprint density at radius 3 is 2.51 bits per heavy atom. The van der Waals surface area contributed by atoms with Crippen molar-refractivity contribution < 1.29 is 32.6 Å². The second-order valence-corrected chi connectivity index (χ2v) is 13.2. The predicted octanol–water partition coefficient (Wildman–Crippen LogP) is 1.14. The number of carboxylic acids is 1. The van der Waals surface area contributed by atoms with Crippen LogP contribution in [0.4, 0.5) is 4.79 Å². The smallest absolute Gasteiger partial charge is 0.415 e. The van der Waals surface area contributed by atoms with Gasteiger partial charge >= 0.3 is 12.1 Å². The highest BCUT2D eigenvalue weighted by molar-refractivity contribution is 8.02. The molecule has 12 nitrogen and oxygen atoms in total. The fraction of sp³-hybridized carbons (Fsp3) is 0.440. The average molecular weight is 578 g/mol. The molecule has 210 valence electrons. The van der Waals surface area contributed by atoms with Gasteiger partial charge in [0.15, 0.2) is 0 Å². The van der Waals surface area contributed by atoms with Gasteiger partial charge in [-0.3, -0.25) is 9.78 Å². The molecule has 2 amide bonds. The molecule has 3 N–H and O–H groups in total. The number of sulfonamides is 1. The third kappa shape index (κ3) is 6.69. The topological polar surface area (TPSA) is 158 Å². The van der Waals surface area contributed by atoms with E-state index in [9.17, 15) is 27.9 Å². The SMILES string of the molecule is CC1(C)SCN(S(=O)(=O)c2cccnc2)[C@H]1C(=O)NC(Cc1ccc(OC(=O)N2CCNCC2)cc1)C(=O)O. The molecule has 1 aromatic carbocycles. The van der Waals surface area contributed by atoms with Crippen LogP contribution in [0.15, 0.2) is 53.7 Å². The van der Waals surface area contributed by atoms with Crippen molar-refractivity contribution in [2.75, 3.05) is 32.1 Å². The maximum absolute atomic E-state index is 13.4. The van der Waals surface area contributed by atoms with E-state index < -0.39 is 44.8 Å². The normalized spacial score (nSPS) is 20.3. The van der Waals surface area contributed by atoms with Gasteiger partial charge < -0.3 is 25.4 Å². The highest BCUT2D eigenvalue weighted by Gasteiger charge is 2.51. The van der Waals surface area contributed by atoms with Crippen molar-refractivity contribution in [3.63, 3.8) is 0 Å². The molecular weight excluding hydrogens is 546 g/mol. The van der Waals surface area contributed by atoms with Crippen LogP contribution in [0.5, 0.6) is 5.75 Å². The molecule has 0 spiro atoms. The molecule has 3 heterocycles. The number of nitrogens with zero attached hydrogens (tertiary/aromatic N) is 3. The van der Waals surface area contributed by atoms with Crippen molar-refractivity contribution in [3.05, 3.63) is 54.4 Å². The van der Waals surface area contributed by atoms with Crippen LogP contribution in [0.2, 0.25) is 0 Å². The first kappa shape index (κ1) is 28.8. The van der Waals surface area contributed by atoms with E-state index in [1.54, 1.807) is 43.0 Å². The highest BCUT2D eigenvalue weighted by Crippen LogP contribution is 2.42. The molecule has 0 bridgehead atoms. The summed E-state index contributed by atoms with van der Waals surface area (Å²) in [5, 5.41) is 15.5. The van der Waals surface area contributed by atoms with Crippen molar-refractivity contribution in [2.45, 2.75) is 42.0 Å². The number of rotatable bonds is 8. The monoisotopic (exact) mass is 577 g/mol. The van der Waals surface area contributed by atoms with E-state index in [1.807, 2.05) is 0 Å². The number of carboxylic acid groups (broad SMARTS) is 1. The average Bonchev–Trinajstić information content (AvgIpc) is 3.25. The zero-order valence-electron chi connectivity index (χ0n) is 21.6. The summed E-state index contributed by atoms with van der Waals surface area (Å²) in [4.78, 5) is 43.2. The fourth-order valence-corrected chi connectivity index (χ4v) is 7.55. The molecule has 39 heavy (non-hydrogen) atoms. The number of hydrogen-bond donors (Lipinski definition) is 3. The van der Waals surface area contributed by atoms with Gasteiger partial charge in [0, 0.05) is 49.7 Å². The number of carbonyl (C=O) groups excluding carboxylic acids is 2. The number of nitrogens with one attached hydrogen (secondary N) is 2. The van der Waals surface area contributed by atoms with Crippen LogP contribution < -0.4 is 15.4 Å². The van der Waals surface area contributed by atoms with Crippen LogP contribution in [0.25, 0.3) is 0 Å². The van der Waals surface area contributed by atoms with E-state index in [0.717, 1.165) is 4.31 Å². The zero-order valence-corrected chi connectivity index (χ0v) is 23.2. The first-order valence-corrected chi connectivity index (χ1v) is 14.8. The Morgan fingerprint density at radius 2 is 1.90 bits per heavy atom. The Labute approximate surface area is 231 Å². The Balaban J connectivity index is 1.44. The number of aliphatic carboxylic acids is 1. The number of benzene rings is 1. The van der Waals surface area contributed by atoms with Gasteiger partial charge in [0.1, 0.15) is 22.7 Å². The van der Waals surface area contributed by atoms with E-state index in [4.69, 9.17) is 4.74 Å². The molecule has 0 saturated carbocycles. The first-order chi connectivity index (χ1) is 18.5. The molecule has 2 aliphatic heterocycles. The summed E-state index contributed by atoms with van der Waals surface area (Å²) in [5.41, 5.74) is 0.588. The standard InChI is InChI=1S/C25H31N5O7S2/c1-25(2)21(30(16-38-25)39(35,36)19-4-3-9-27-15-19)22(31)28-20(23(32)33)14-17-5-7-18(8-6-17)37-24(34)29-12-10-26-11-13-29/h3-9,15,20-21,26H,10-14,16H2,1-2H3,(H,28,31)(H,32,33)/t20?,21-/m0/s1. The van der Waals surface area contributed by atoms with E-state index in [-0.39, 0.29) is 17.2 Å². The Bertz CT molecular complexity index is 1300. The number of ether oxygens (including phenoxy) is 1. The molecule has 1 unspecified atom stereocenters. The molecule has 2 aromatic rings. The summed E-state index contributed by atoms with van der Waals surface area (Å²) < 4.78 is 32.3. The Kier molecular flexibility index (Phi) is 8.79. The Hall–Kier alpha value is -3.20. The second kappa shape index (κ2) is 11.9. The van der Waals surface area contributed by atoms with Crippen LogP contribution in [-0.2, 0) is 26.0 Å². The number of carbonyl (C=O) groups is 3. The third-order valence-electron chi connectivity index (χ3n) is 6.56. The largest absolute Gasteiger partial charge is 0.480 e. The van der Waals surface area contributed by atoms with Gasteiger partial charge in [0.05, 0.1) is 5.88 Å². The van der Waals surface area contributed by atoms with Crippen molar-refractivity contribution >= 4 is 39.8 Å². The van der Waals surface area contributed by atoms with E-state index in [0.29, 0.717) is 37.5 Å². The molecule has 2 fully saturated rings. The zero-order chi connectivity index (χ0) is 28.2. The van der Waals surface area contributed by atoms with E-state index >= 15 is 0 Å². The van der Waals surface area contributed by atoms with Crippen LogP contribution in [-0.4, -0.2) is 94.6 Å². The van der Waals surface area contributed by atoms with E-state index in [1.165, 1.54) is 36.3 Å². The molecule has 1 aromatic heterocycles. The van der Waals surface area contributed by atoms with E-state index in [2.05, 4.69) is 15.6 Å². The maximum atomic E-state index is 13.4. The number of aromatic nitrogens is 1. The quantitative estimate of drug-likeness (QED) is 0.415. The minimum absolute atomic E-state index is 0.0359. The molecule has 2 atom stereocenters. The van der Waals surface area contributed by atoms with Crippen molar-refractivity contribution in [1.82, 2.24) is 24.8 Å². The van der Waals surface area contributed by atoms with Crippen LogP contribution >= 0.6 is 11.8 Å². The minimum Gasteiger partial charge on any atom is -0.480 e. The van der Waals surface area contributed by atoms with Crippen molar-refractivity contribution in [3.8, 4) is 5.75 Å². The molecule has 14 heteroatoms. The summed E-state index contributed by atoms with van der Waals surface area (Å²) >= 11 is 1.29. The molecule has 2 aliphatic rings. The summed E-state index contributed by atoms with van der Waals surface area (Å²) in [5.74, 6) is -1.61. The number of thioether (sulfide) groups is 1. The molecule has 0 radical (unpaired) electrons. The molecule has 2 saturated heterocycles. The Morgan fingerprint density at radius 1 is 1.21 bits per heavy atom. The third-order valence-corrected chi connectivity index (χ3v) is 9.89. The molecule has 0 aliphatic carbocycles. The van der Waals surface area contributed by atoms with Crippen LogP contribution in [0, 0.1) is 0 Å². The fourth-order valence-electron chi connectivity index (χ4n) is 4.41. The lowest BCUT2D eigenvalue weighted by Crippen LogP contribution is -2.56. The van der Waals surface area contributed by atoms with Crippen molar-refractivity contribution in [1.29, 1.82) is 0 Å². The van der Waals surface area contributed by atoms with Gasteiger partial charge in [0.2, 0.25) is 15.9 Å². The van der Waals surface area contributed by atoms with Gasteiger partial charge in [-0.25, -0.2) is 18.0 Å². The summed E-state index contributed by atoms with van der Waals surface area (Å²) in [6.07, 6.45) is 2.16. The summed E-state index contributed by atoms with van der Waals surface area (Å²) in [7, 11) is -4.05. The van der Waals surface area contributed by atoms with Gasteiger partial charge in [0.25, 0.3) is 0 Å². The summed E-state index contributed by atoms with van der Waals surface area (Å²) in [6, 6.07) is 6.82. The van der Waals surface area contributed by atoms with Crippen LogP contribution in [0.3, 0.4) is 0 Å². The highest BCUT2D eigenvalue weighted by atomic mass is 32.2. The maximum Gasteiger partial charge on any atom is 0.415 e. The number of piperazine rings is 1. The van der Waals surface area contributed by atoms with Gasteiger partial charge in [-0.05, 0) is 43.7 Å². The minimum atomic E-state index is -4.05. The predicted molar refractivity (Wildman–Crippen MR) is 144 cm³/mol. The summed E-state index contributed by atoms with van der Waals surface area (Å²) in [6.45, 7) is 5.98. The number of pyridine rings is 1.